The van der Waals surface area contributed by atoms with Crippen molar-refractivity contribution in [2.75, 3.05) is 0 Å². The first-order valence-corrected chi connectivity index (χ1v) is 12.6. The van der Waals surface area contributed by atoms with Crippen LogP contribution in [0.2, 0.25) is 0 Å². The summed E-state index contributed by atoms with van der Waals surface area (Å²) < 4.78 is 7.98. The Balaban J connectivity index is 1.48. The van der Waals surface area contributed by atoms with Gasteiger partial charge in [-0.1, -0.05) is 73.7 Å². The molecule has 0 saturated heterocycles. The van der Waals surface area contributed by atoms with E-state index in [1.165, 1.54) is 16.3 Å². The van der Waals surface area contributed by atoms with E-state index in [-0.39, 0.29) is 5.97 Å². The van der Waals surface area contributed by atoms with Crippen LogP contribution in [0.1, 0.15) is 55.9 Å². The molecule has 36 heavy (non-hydrogen) atoms. The molecule has 0 radical (unpaired) electrons. The average Bonchev–Trinajstić information content (AvgIpc) is 3.18. The summed E-state index contributed by atoms with van der Waals surface area (Å²) in [5, 5.41) is 2.44. The Morgan fingerprint density at radius 3 is 2.25 bits per heavy atom. The van der Waals surface area contributed by atoms with Crippen LogP contribution in [0.15, 0.2) is 84.9 Å². The molecule has 0 unspecified atom stereocenters. The Kier molecular flexibility index (Phi) is 6.36. The number of nitrogens with zero attached hydrogens (tertiary/aromatic N) is 2. The fourth-order valence-corrected chi connectivity index (χ4v) is 4.67. The molecule has 4 heteroatoms. The van der Waals surface area contributed by atoms with E-state index in [0.29, 0.717) is 5.56 Å². The summed E-state index contributed by atoms with van der Waals surface area (Å²) in [6, 6.07) is 29.0. The van der Waals surface area contributed by atoms with Crippen LogP contribution in [0.3, 0.4) is 0 Å². The first-order chi connectivity index (χ1) is 17.3. The highest BCUT2D eigenvalue weighted by atomic mass is 16.6. The SMILES string of the molecule is CCCc1nc2cc3ccccc3cc2n1Cc1ccc(-c2ccccc2C(=O)OC(C)(C)C)cc1. The van der Waals surface area contributed by atoms with Crippen LogP contribution >= 0.6 is 0 Å². The first kappa shape index (κ1) is 23.8. The van der Waals surface area contributed by atoms with Gasteiger partial charge in [0.1, 0.15) is 11.4 Å². The third-order valence-electron chi connectivity index (χ3n) is 6.32. The molecule has 0 bridgehead atoms. The van der Waals surface area contributed by atoms with E-state index >= 15 is 0 Å². The van der Waals surface area contributed by atoms with Gasteiger partial charge in [0.15, 0.2) is 0 Å². The van der Waals surface area contributed by atoms with E-state index < -0.39 is 5.60 Å². The molecule has 5 rings (SSSR count). The van der Waals surface area contributed by atoms with E-state index in [0.717, 1.165) is 47.4 Å². The number of aromatic nitrogens is 2. The summed E-state index contributed by atoms with van der Waals surface area (Å²) in [7, 11) is 0. The molecule has 4 nitrogen and oxygen atoms in total. The molecule has 0 amide bonds. The van der Waals surface area contributed by atoms with Crippen LogP contribution in [0, 0.1) is 0 Å². The quantitative estimate of drug-likeness (QED) is 0.235. The average molecular weight is 477 g/mol. The molecule has 4 aromatic carbocycles. The zero-order chi connectivity index (χ0) is 25.3. The highest BCUT2D eigenvalue weighted by Crippen LogP contribution is 2.28. The molecule has 0 aliphatic carbocycles. The van der Waals surface area contributed by atoms with Crippen LogP contribution in [0.25, 0.3) is 32.9 Å². The van der Waals surface area contributed by atoms with Crippen molar-refractivity contribution in [2.24, 2.45) is 0 Å². The molecule has 1 heterocycles. The van der Waals surface area contributed by atoms with Crippen LogP contribution in [0.5, 0.6) is 0 Å². The maximum absolute atomic E-state index is 12.8. The van der Waals surface area contributed by atoms with E-state index in [9.17, 15) is 4.79 Å². The molecular weight excluding hydrogens is 444 g/mol. The number of fused-ring (bicyclic) bond motifs is 2. The van der Waals surface area contributed by atoms with Crippen LogP contribution in [0.4, 0.5) is 0 Å². The van der Waals surface area contributed by atoms with Gasteiger partial charge in [0, 0.05) is 13.0 Å². The lowest BCUT2D eigenvalue weighted by molar-refractivity contribution is 0.00704. The lowest BCUT2D eigenvalue weighted by Gasteiger charge is -2.20. The van der Waals surface area contributed by atoms with Crippen molar-refractivity contribution in [2.45, 2.75) is 52.7 Å². The smallest absolute Gasteiger partial charge is 0.339 e. The summed E-state index contributed by atoms with van der Waals surface area (Å²) >= 11 is 0. The van der Waals surface area contributed by atoms with Crippen molar-refractivity contribution in [1.29, 1.82) is 0 Å². The minimum atomic E-state index is -0.539. The summed E-state index contributed by atoms with van der Waals surface area (Å²) in [5.74, 6) is 0.811. The van der Waals surface area contributed by atoms with Gasteiger partial charge >= 0.3 is 5.97 Å². The lowest BCUT2D eigenvalue weighted by atomic mass is 9.98. The number of imidazole rings is 1. The van der Waals surface area contributed by atoms with Crippen molar-refractivity contribution in [3.63, 3.8) is 0 Å². The standard InChI is InChI=1S/C32H32N2O2/c1-5-10-30-33-28-19-24-11-6-7-12-25(24)20-29(28)34(30)21-22-15-17-23(18-16-22)26-13-8-9-14-27(26)31(35)36-32(2,3)4/h6-9,11-20H,5,10,21H2,1-4H3. The predicted octanol–water partition coefficient (Wildman–Crippen LogP) is 7.81. The zero-order valence-electron chi connectivity index (χ0n) is 21.4. The lowest BCUT2D eigenvalue weighted by Crippen LogP contribution is -2.24. The van der Waals surface area contributed by atoms with E-state index in [2.05, 4.69) is 72.2 Å². The highest BCUT2D eigenvalue weighted by molar-refractivity contribution is 5.97. The largest absolute Gasteiger partial charge is 0.456 e. The summed E-state index contributed by atoms with van der Waals surface area (Å²) in [4.78, 5) is 17.8. The van der Waals surface area contributed by atoms with Gasteiger partial charge in [-0.3, -0.25) is 0 Å². The Morgan fingerprint density at radius 2 is 1.56 bits per heavy atom. The van der Waals surface area contributed by atoms with Crippen LogP contribution in [-0.4, -0.2) is 21.1 Å². The number of hydrogen-bond donors (Lipinski definition) is 0. The number of rotatable bonds is 6. The van der Waals surface area contributed by atoms with Crippen molar-refractivity contribution in [3.8, 4) is 11.1 Å². The van der Waals surface area contributed by atoms with Crippen molar-refractivity contribution in [1.82, 2.24) is 9.55 Å². The van der Waals surface area contributed by atoms with Gasteiger partial charge < -0.3 is 9.30 Å². The third kappa shape index (κ3) is 4.90. The van der Waals surface area contributed by atoms with Crippen molar-refractivity contribution < 1.29 is 9.53 Å². The molecule has 0 fully saturated rings. The zero-order valence-corrected chi connectivity index (χ0v) is 21.4. The van der Waals surface area contributed by atoms with E-state index in [1.807, 2.05) is 45.0 Å². The molecule has 0 saturated carbocycles. The van der Waals surface area contributed by atoms with Gasteiger partial charge in [-0.05, 0) is 72.9 Å². The molecule has 0 aliphatic heterocycles. The number of ether oxygens (including phenoxy) is 1. The highest BCUT2D eigenvalue weighted by Gasteiger charge is 2.20. The summed E-state index contributed by atoms with van der Waals surface area (Å²) in [5.41, 5.74) is 5.32. The first-order valence-electron chi connectivity index (χ1n) is 12.6. The molecule has 0 N–H and O–H groups in total. The van der Waals surface area contributed by atoms with Gasteiger partial charge in [-0.25, -0.2) is 9.78 Å². The Hall–Kier alpha value is -3.92. The van der Waals surface area contributed by atoms with Crippen LogP contribution < -0.4 is 0 Å². The van der Waals surface area contributed by atoms with Crippen molar-refractivity contribution >= 4 is 27.8 Å². The minimum Gasteiger partial charge on any atom is -0.456 e. The minimum absolute atomic E-state index is 0.302. The fourth-order valence-electron chi connectivity index (χ4n) is 4.67. The van der Waals surface area contributed by atoms with Gasteiger partial charge in [-0.2, -0.15) is 0 Å². The number of esters is 1. The Bertz CT molecular complexity index is 1540. The second-order valence-electron chi connectivity index (χ2n) is 10.3. The van der Waals surface area contributed by atoms with Gasteiger partial charge in [-0.15, -0.1) is 0 Å². The molecule has 0 atom stereocenters. The Labute approximate surface area is 212 Å². The maximum Gasteiger partial charge on any atom is 0.339 e. The van der Waals surface area contributed by atoms with E-state index in [1.54, 1.807) is 0 Å². The number of carbonyl (C=O) groups is 1. The molecular formula is C32H32N2O2. The van der Waals surface area contributed by atoms with Gasteiger partial charge in [0.2, 0.25) is 0 Å². The number of benzene rings is 4. The van der Waals surface area contributed by atoms with Gasteiger partial charge in [0.05, 0.1) is 16.6 Å². The molecule has 1 aromatic heterocycles. The third-order valence-corrected chi connectivity index (χ3v) is 6.32. The summed E-state index contributed by atoms with van der Waals surface area (Å²) in [6.45, 7) is 8.60. The number of carbonyl (C=O) groups excluding carboxylic acids is 1. The molecule has 182 valence electrons. The van der Waals surface area contributed by atoms with E-state index in [4.69, 9.17) is 9.72 Å². The Morgan fingerprint density at radius 1 is 0.889 bits per heavy atom. The predicted molar refractivity (Wildman–Crippen MR) is 147 cm³/mol. The molecule has 0 spiro atoms. The monoisotopic (exact) mass is 476 g/mol. The second kappa shape index (κ2) is 9.62. The number of hydrogen-bond acceptors (Lipinski definition) is 3. The maximum atomic E-state index is 12.8. The topological polar surface area (TPSA) is 44.1 Å². The number of aryl methyl sites for hydroxylation is 1. The normalized spacial score (nSPS) is 11.8. The van der Waals surface area contributed by atoms with Crippen LogP contribution in [-0.2, 0) is 17.7 Å². The fraction of sp³-hybridized carbons (Fsp3) is 0.250. The summed E-state index contributed by atoms with van der Waals surface area (Å²) in [6.07, 6.45) is 1.98. The molecule has 5 aromatic rings. The van der Waals surface area contributed by atoms with Gasteiger partial charge in [0.25, 0.3) is 0 Å². The second-order valence-corrected chi connectivity index (χ2v) is 10.3. The van der Waals surface area contributed by atoms with Crippen molar-refractivity contribution in [3.05, 3.63) is 102 Å². The molecule has 0 aliphatic rings.